The minimum atomic E-state index is -3.64. The maximum Gasteiger partial charge on any atom is 0.394 e. The van der Waals surface area contributed by atoms with E-state index in [2.05, 4.69) is 4.72 Å². The second-order valence-corrected chi connectivity index (χ2v) is 13.1. The second-order valence-electron chi connectivity index (χ2n) is 8.99. The fourth-order valence-corrected chi connectivity index (χ4v) is 7.40. The number of sulfonamides is 1. The number of nitrogens with one attached hydrogen (secondary N) is 1. The average molecular weight is 608 g/mol. The molecule has 4 rings (SSSR count). The number of aliphatic carboxylic acids is 1. The van der Waals surface area contributed by atoms with Gasteiger partial charge in [0, 0.05) is 36.9 Å². The smallest absolute Gasteiger partial charge is 0.394 e. The first kappa shape index (κ1) is 30.0. The molecular formula is C26H29N3O8S3. The highest BCUT2D eigenvalue weighted by molar-refractivity contribution is 7.98. The first-order valence-corrected chi connectivity index (χ1v) is 16.3. The fourth-order valence-electron chi connectivity index (χ4n) is 4.52. The molecule has 0 spiro atoms. The second kappa shape index (κ2) is 12.7. The fraction of sp³-hybridized carbons (Fsp3) is 0.308. The molecule has 2 aromatic rings. The van der Waals surface area contributed by atoms with Crippen LogP contribution in [0, 0.1) is 0 Å². The Labute approximate surface area is 239 Å². The maximum atomic E-state index is 14.2. The molecule has 11 nitrogen and oxygen atoms in total. The van der Waals surface area contributed by atoms with E-state index in [4.69, 9.17) is 9.47 Å². The molecule has 2 heterocycles. The molecule has 2 aliphatic rings. The summed E-state index contributed by atoms with van der Waals surface area (Å²) in [4.78, 5) is 28.4. The lowest BCUT2D eigenvalue weighted by atomic mass is 10.0. The van der Waals surface area contributed by atoms with Crippen molar-refractivity contribution in [3.63, 3.8) is 0 Å². The van der Waals surface area contributed by atoms with Crippen LogP contribution in [-0.2, 0) is 41.7 Å². The van der Waals surface area contributed by atoms with Gasteiger partial charge in [0.05, 0.1) is 28.6 Å². The zero-order chi connectivity index (χ0) is 29.0. The van der Waals surface area contributed by atoms with Crippen molar-refractivity contribution < 1.29 is 36.8 Å². The van der Waals surface area contributed by atoms with Gasteiger partial charge in [-0.15, -0.1) is 11.8 Å². The molecule has 2 unspecified atom stereocenters. The van der Waals surface area contributed by atoms with Crippen LogP contribution in [0.1, 0.15) is 11.1 Å². The molecular weight excluding hydrogens is 579 g/mol. The van der Waals surface area contributed by atoms with E-state index in [1.54, 1.807) is 29.2 Å². The van der Waals surface area contributed by atoms with Gasteiger partial charge in [0.1, 0.15) is 11.1 Å². The average Bonchev–Trinajstić information content (AvgIpc) is 3.21. The number of ether oxygens (including phenoxy) is 2. The quantitative estimate of drug-likeness (QED) is 0.234. The van der Waals surface area contributed by atoms with Crippen LogP contribution in [0.25, 0.3) is 4.91 Å². The van der Waals surface area contributed by atoms with Gasteiger partial charge in [-0.2, -0.15) is 0 Å². The molecule has 0 aliphatic carbocycles. The molecule has 0 radical (unpaired) electrons. The van der Waals surface area contributed by atoms with Gasteiger partial charge in [-0.1, -0.05) is 30.3 Å². The van der Waals surface area contributed by atoms with E-state index in [1.165, 1.54) is 25.1 Å². The highest BCUT2D eigenvalue weighted by Gasteiger charge is 2.45. The van der Waals surface area contributed by atoms with E-state index < -0.39 is 38.1 Å². The van der Waals surface area contributed by atoms with Crippen molar-refractivity contribution in [2.24, 2.45) is 0 Å². The molecule has 0 aromatic heterocycles. The molecule has 2 N–H and O–H groups in total. The van der Waals surface area contributed by atoms with Crippen molar-refractivity contribution >= 4 is 49.4 Å². The Balaban J connectivity index is 1.83. The SMILES string of the molecule is COCOc1ccc(C2=C(CNS(C)(=O)=O)C3=CN(C(=O)C(=O)O)CN(Cc4ccccc4SC)C3S2=O)cc1. The summed E-state index contributed by atoms with van der Waals surface area (Å²) in [6.45, 7) is 0.0104. The summed E-state index contributed by atoms with van der Waals surface area (Å²) in [6, 6.07) is 14.4. The zero-order valence-electron chi connectivity index (χ0n) is 22.0. The summed E-state index contributed by atoms with van der Waals surface area (Å²) in [5.74, 6) is -2.26. The number of rotatable bonds is 10. The van der Waals surface area contributed by atoms with E-state index in [1.807, 2.05) is 30.5 Å². The number of thioether (sulfide) groups is 1. The Morgan fingerprint density at radius 2 is 1.88 bits per heavy atom. The van der Waals surface area contributed by atoms with Gasteiger partial charge >= 0.3 is 11.9 Å². The topological polar surface area (TPSA) is 143 Å². The summed E-state index contributed by atoms with van der Waals surface area (Å²) in [7, 11) is -3.84. The summed E-state index contributed by atoms with van der Waals surface area (Å²) in [5.41, 5.74) is 2.31. The lowest BCUT2D eigenvalue weighted by Gasteiger charge is -2.37. The van der Waals surface area contributed by atoms with Crippen LogP contribution in [0.3, 0.4) is 0 Å². The van der Waals surface area contributed by atoms with Gasteiger partial charge in [0.15, 0.2) is 6.79 Å². The summed E-state index contributed by atoms with van der Waals surface area (Å²) < 4.78 is 51.1. The van der Waals surface area contributed by atoms with Gasteiger partial charge in [0.25, 0.3) is 0 Å². The molecule has 0 saturated heterocycles. The Kier molecular flexibility index (Phi) is 9.48. The maximum absolute atomic E-state index is 14.2. The van der Waals surface area contributed by atoms with E-state index >= 15 is 0 Å². The number of carbonyl (C=O) groups is 2. The van der Waals surface area contributed by atoms with Crippen LogP contribution < -0.4 is 9.46 Å². The largest absolute Gasteiger partial charge is 0.474 e. The predicted octanol–water partition coefficient (Wildman–Crippen LogP) is 2.01. The standard InChI is InChI=1S/C26H29N3O8S3/c1-36-16-37-19-10-8-17(9-11-19)23-20(12-27-40(3,34)35)21-14-28(24(30)26(31)32)15-29(25(21)39(23)33)13-18-6-4-5-7-22(18)38-2/h4-11,14,25,27H,12-13,15-16H2,1-3H3,(H,31,32). The summed E-state index contributed by atoms with van der Waals surface area (Å²) in [6.07, 6.45) is 4.32. The van der Waals surface area contributed by atoms with Gasteiger partial charge in [-0.25, -0.2) is 17.9 Å². The number of carbonyl (C=O) groups excluding carboxylic acids is 1. The van der Waals surface area contributed by atoms with Crippen LogP contribution in [0.5, 0.6) is 5.75 Å². The Hall–Kier alpha value is -3.01. The predicted molar refractivity (Wildman–Crippen MR) is 152 cm³/mol. The van der Waals surface area contributed by atoms with Crippen molar-refractivity contribution in [1.29, 1.82) is 0 Å². The lowest BCUT2D eigenvalue weighted by molar-refractivity contribution is -0.155. The molecule has 2 aromatic carbocycles. The first-order valence-electron chi connectivity index (χ1n) is 12.0. The molecule has 2 aliphatic heterocycles. The van der Waals surface area contributed by atoms with Crippen molar-refractivity contribution in [3.8, 4) is 5.75 Å². The van der Waals surface area contributed by atoms with E-state index in [-0.39, 0.29) is 26.6 Å². The third-order valence-electron chi connectivity index (χ3n) is 6.23. The first-order chi connectivity index (χ1) is 19.0. The number of amides is 1. The number of fused-ring (bicyclic) bond motifs is 1. The molecule has 14 heteroatoms. The van der Waals surface area contributed by atoms with E-state index in [0.717, 1.165) is 21.6 Å². The number of hydrogen-bond donors (Lipinski definition) is 2. The third kappa shape index (κ3) is 6.65. The van der Waals surface area contributed by atoms with Gasteiger partial charge in [-0.3, -0.25) is 18.8 Å². The van der Waals surface area contributed by atoms with Crippen molar-refractivity contribution in [3.05, 3.63) is 77.0 Å². The number of hydrogen-bond acceptors (Lipinski definition) is 9. The van der Waals surface area contributed by atoms with E-state index in [0.29, 0.717) is 27.4 Å². The van der Waals surface area contributed by atoms with Crippen LogP contribution >= 0.6 is 11.8 Å². The Morgan fingerprint density at radius 3 is 2.50 bits per heavy atom. The van der Waals surface area contributed by atoms with Crippen molar-refractivity contribution in [2.45, 2.75) is 16.8 Å². The lowest BCUT2D eigenvalue weighted by Crippen LogP contribution is -2.50. The van der Waals surface area contributed by atoms with Gasteiger partial charge < -0.3 is 14.6 Å². The molecule has 2 atom stereocenters. The number of benzene rings is 2. The highest BCUT2D eigenvalue weighted by atomic mass is 32.2. The Bertz CT molecular complexity index is 1490. The number of carboxylic acids is 1. The number of carboxylic acid groups (broad SMARTS) is 1. The monoisotopic (exact) mass is 607 g/mol. The number of methoxy groups -OCH3 is 1. The molecule has 0 fully saturated rings. The summed E-state index contributed by atoms with van der Waals surface area (Å²) >= 11 is 1.54. The normalized spacial score (nSPS) is 19.4. The van der Waals surface area contributed by atoms with Crippen LogP contribution in [0.2, 0.25) is 0 Å². The number of nitrogens with zero attached hydrogens (tertiary/aromatic N) is 2. The molecule has 0 bridgehead atoms. The minimum absolute atomic E-state index is 0.0480. The van der Waals surface area contributed by atoms with Gasteiger partial charge in [-0.05, 0) is 41.2 Å². The molecule has 40 heavy (non-hydrogen) atoms. The molecule has 0 saturated carbocycles. The van der Waals surface area contributed by atoms with Crippen LogP contribution in [0.4, 0.5) is 0 Å². The van der Waals surface area contributed by atoms with Crippen LogP contribution in [0.15, 0.2) is 70.8 Å². The van der Waals surface area contributed by atoms with Crippen molar-refractivity contribution in [2.75, 3.05) is 39.6 Å². The van der Waals surface area contributed by atoms with Crippen LogP contribution in [-0.4, -0.2) is 84.4 Å². The van der Waals surface area contributed by atoms with Crippen molar-refractivity contribution in [1.82, 2.24) is 14.5 Å². The molecule has 1 amide bonds. The zero-order valence-corrected chi connectivity index (χ0v) is 24.5. The third-order valence-corrected chi connectivity index (χ3v) is 9.58. The minimum Gasteiger partial charge on any atom is -0.474 e. The highest BCUT2D eigenvalue weighted by Crippen LogP contribution is 2.44. The van der Waals surface area contributed by atoms with Gasteiger partial charge in [0.2, 0.25) is 10.0 Å². The van der Waals surface area contributed by atoms with E-state index in [9.17, 15) is 27.3 Å². The summed E-state index contributed by atoms with van der Waals surface area (Å²) in [5, 5.41) is 8.70. The molecule has 214 valence electrons. The Morgan fingerprint density at radius 1 is 1.18 bits per heavy atom.